The van der Waals surface area contributed by atoms with Crippen LogP contribution in [0.3, 0.4) is 0 Å². The molecule has 0 bridgehead atoms. The first-order valence-electron chi connectivity index (χ1n) is 6.81. The summed E-state index contributed by atoms with van der Waals surface area (Å²) in [5.41, 5.74) is 0. The maximum Gasteiger partial charge on any atom is 0.185 e. The third-order valence-corrected chi connectivity index (χ3v) is 4.81. The van der Waals surface area contributed by atoms with Gasteiger partial charge in [-0.1, -0.05) is 6.92 Å². The van der Waals surface area contributed by atoms with Crippen LogP contribution >= 0.6 is 11.3 Å². The molecule has 3 rings (SSSR count). The molecule has 1 atom stereocenters. The summed E-state index contributed by atoms with van der Waals surface area (Å²) in [6.45, 7) is 4.49. The Kier molecular flexibility index (Phi) is 3.34. The number of nitrogens with zero attached hydrogens (tertiary/aromatic N) is 2. The first-order valence-corrected chi connectivity index (χ1v) is 7.63. The maximum absolute atomic E-state index is 4.60. The number of anilines is 1. The van der Waals surface area contributed by atoms with E-state index in [0.29, 0.717) is 0 Å². The molecule has 17 heavy (non-hydrogen) atoms. The molecular weight excluding hydrogens is 230 g/mol. The lowest BCUT2D eigenvalue weighted by atomic mass is 10.2. The van der Waals surface area contributed by atoms with Gasteiger partial charge in [0.05, 0.1) is 0 Å². The van der Waals surface area contributed by atoms with Gasteiger partial charge < -0.3 is 10.2 Å². The van der Waals surface area contributed by atoms with Gasteiger partial charge in [-0.3, -0.25) is 0 Å². The van der Waals surface area contributed by atoms with E-state index in [1.807, 2.05) is 11.3 Å². The molecule has 4 heteroatoms. The molecule has 0 aromatic carbocycles. The molecule has 2 heterocycles. The minimum Gasteiger partial charge on any atom is -0.345 e. The Hall–Kier alpha value is -0.610. The third kappa shape index (κ3) is 2.63. The molecule has 2 aliphatic rings. The predicted octanol–water partition coefficient (Wildman–Crippen LogP) is 2.77. The predicted molar refractivity (Wildman–Crippen MR) is 72.6 cm³/mol. The standard InChI is InChI=1S/C13H21N3S/c1-2-11-4-3-7-16(11)13-15-9-12(17-13)8-14-10-5-6-10/h9-11,14H,2-8H2,1H3. The van der Waals surface area contributed by atoms with Crippen molar-refractivity contribution in [3.63, 3.8) is 0 Å². The van der Waals surface area contributed by atoms with Gasteiger partial charge in [0, 0.05) is 36.2 Å². The summed E-state index contributed by atoms with van der Waals surface area (Å²) >= 11 is 1.87. The number of hydrogen-bond acceptors (Lipinski definition) is 4. The highest BCUT2D eigenvalue weighted by Crippen LogP contribution is 2.31. The van der Waals surface area contributed by atoms with Gasteiger partial charge in [0.25, 0.3) is 0 Å². The SMILES string of the molecule is CCC1CCCN1c1ncc(CNC2CC2)s1. The van der Waals surface area contributed by atoms with Crippen molar-refractivity contribution >= 4 is 16.5 Å². The highest BCUT2D eigenvalue weighted by Gasteiger charge is 2.25. The molecule has 3 nitrogen and oxygen atoms in total. The second kappa shape index (κ2) is 4.94. The van der Waals surface area contributed by atoms with Crippen LogP contribution in [0.25, 0.3) is 0 Å². The summed E-state index contributed by atoms with van der Waals surface area (Å²) in [5, 5.41) is 4.79. The van der Waals surface area contributed by atoms with Crippen LogP contribution in [0.1, 0.15) is 43.9 Å². The van der Waals surface area contributed by atoms with E-state index >= 15 is 0 Å². The number of hydrogen-bond donors (Lipinski definition) is 1. The van der Waals surface area contributed by atoms with Gasteiger partial charge in [-0.2, -0.15) is 0 Å². The van der Waals surface area contributed by atoms with Gasteiger partial charge in [0.2, 0.25) is 0 Å². The number of nitrogens with one attached hydrogen (secondary N) is 1. The van der Waals surface area contributed by atoms with E-state index in [4.69, 9.17) is 0 Å². The van der Waals surface area contributed by atoms with Crippen LogP contribution < -0.4 is 10.2 Å². The lowest BCUT2D eigenvalue weighted by Gasteiger charge is -2.22. The minimum absolute atomic E-state index is 0.727. The lowest BCUT2D eigenvalue weighted by molar-refractivity contribution is 0.644. The molecule has 1 aromatic rings. The molecule has 94 valence electrons. The number of rotatable bonds is 5. The van der Waals surface area contributed by atoms with Crippen LogP contribution in [0.15, 0.2) is 6.20 Å². The molecule has 0 amide bonds. The van der Waals surface area contributed by atoms with E-state index in [0.717, 1.165) is 18.6 Å². The molecule has 1 N–H and O–H groups in total. The lowest BCUT2D eigenvalue weighted by Crippen LogP contribution is -2.28. The van der Waals surface area contributed by atoms with Crippen LogP contribution in [-0.2, 0) is 6.54 Å². The van der Waals surface area contributed by atoms with E-state index in [9.17, 15) is 0 Å². The van der Waals surface area contributed by atoms with Crippen LogP contribution in [0, 0.1) is 0 Å². The fourth-order valence-corrected chi connectivity index (χ4v) is 3.51. The zero-order valence-corrected chi connectivity index (χ0v) is 11.3. The molecule has 1 aliphatic heterocycles. The summed E-state index contributed by atoms with van der Waals surface area (Å²) in [5.74, 6) is 0. The normalized spacial score (nSPS) is 24.5. The van der Waals surface area contributed by atoms with E-state index in [-0.39, 0.29) is 0 Å². The Labute approximate surface area is 107 Å². The molecule has 1 saturated heterocycles. The third-order valence-electron chi connectivity index (χ3n) is 3.78. The van der Waals surface area contributed by atoms with Gasteiger partial charge in [-0.05, 0) is 32.1 Å². The summed E-state index contributed by atoms with van der Waals surface area (Å²) in [6.07, 6.45) is 8.68. The second-order valence-corrected chi connectivity index (χ2v) is 6.26. The van der Waals surface area contributed by atoms with Crippen LogP contribution in [0.4, 0.5) is 5.13 Å². The number of aromatic nitrogens is 1. The summed E-state index contributed by atoms with van der Waals surface area (Å²) in [7, 11) is 0. The van der Waals surface area contributed by atoms with Crippen molar-refractivity contribution in [3.8, 4) is 0 Å². The van der Waals surface area contributed by atoms with Gasteiger partial charge >= 0.3 is 0 Å². The van der Waals surface area contributed by atoms with Crippen molar-refractivity contribution in [2.45, 2.75) is 57.7 Å². The fraction of sp³-hybridized carbons (Fsp3) is 0.769. The van der Waals surface area contributed by atoms with E-state index in [1.54, 1.807) is 0 Å². The van der Waals surface area contributed by atoms with Crippen molar-refractivity contribution in [3.05, 3.63) is 11.1 Å². The molecule has 1 aromatic heterocycles. The Morgan fingerprint density at radius 2 is 2.35 bits per heavy atom. The molecule has 1 aliphatic carbocycles. The molecular formula is C13H21N3S. The van der Waals surface area contributed by atoms with Crippen molar-refractivity contribution in [2.75, 3.05) is 11.4 Å². The average Bonchev–Trinajstić information content (AvgIpc) is 2.89. The highest BCUT2D eigenvalue weighted by molar-refractivity contribution is 7.15. The van der Waals surface area contributed by atoms with Crippen molar-refractivity contribution in [1.82, 2.24) is 10.3 Å². The summed E-state index contributed by atoms with van der Waals surface area (Å²) in [6, 6.07) is 1.51. The molecule has 2 fully saturated rings. The van der Waals surface area contributed by atoms with E-state index in [2.05, 4.69) is 28.3 Å². The van der Waals surface area contributed by atoms with Gasteiger partial charge in [0.1, 0.15) is 0 Å². The van der Waals surface area contributed by atoms with Crippen molar-refractivity contribution in [1.29, 1.82) is 0 Å². The monoisotopic (exact) mass is 251 g/mol. The Balaban J connectivity index is 1.62. The van der Waals surface area contributed by atoms with Crippen LogP contribution in [0.2, 0.25) is 0 Å². The number of thiazole rings is 1. The van der Waals surface area contributed by atoms with Gasteiger partial charge in [-0.25, -0.2) is 4.98 Å². The average molecular weight is 251 g/mol. The van der Waals surface area contributed by atoms with Gasteiger partial charge in [-0.15, -0.1) is 11.3 Å². The Morgan fingerprint density at radius 3 is 3.12 bits per heavy atom. The Morgan fingerprint density at radius 1 is 1.47 bits per heavy atom. The fourth-order valence-electron chi connectivity index (χ4n) is 2.56. The van der Waals surface area contributed by atoms with Crippen LogP contribution in [-0.4, -0.2) is 23.6 Å². The maximum atomic E-state index is 4.60. The first kappa shape index (κ1) is 11.5. The largest absolute Gasteiger partial charge is 0.345 e. The van der Waals surface area contributed by atoms with Crippen LogP contribution in [0.5, 0.6) is 0 Å². The van der Waals surface area contributed by atoms with Crippen molar-refractivity contribution < 1.29 is 0 Å². The summed E-state index contributed by atoms with van der Waals surface area (Å²) in [4.78, 5) is 8.49. The quantitative estimate of drug-likeness (QED) is 0.872. The topological polar surface area (TPSA) is 28.2 Å². The van der Waals surface area contributed by atoms with Gasteiger partial charge in [0.15, 0.2) is 5.13 Å². The highest BCUT2D eigenvalue weighted by atomic mass is 32.1. The zero-order valence-electron chi connectivity index (χ0n) is 10.5. The van der Waals surface area contributed by atoms with Crippen molar-refractivity contribution in [2.24, 2.45) is 0 Å². The van der Waals surface area contributed by atoms with E-state index in [1.165, 1.54) is 48.7 Å². The zero-order chi connectivity index (χ0) is 11.7. The second-order valence-electron chi connectivity index (χ2n) is 5.16. The molecule has 1 unspecified atom stereocenters. The summed E-state index contributed by atoms with van der Waals surface area (Å²) < 4.78 is 0. The molecule has 0 radical (unpaired) electrons. The van der Waals surface area contributed by atoms with E-state index < -0.39 is 0 Å². The molecule has 1 saturated carbocycles. The minimum atomic E-state index is 0.727. The molecule has 0 spiro atoms. The Bertz CT molecular complexity index is 372. The first-order chi connectivity index (χ1) is 8.36. The smallest absolute Gasteiger partial charge is 0.185 e.